The Hall–Kier alpha value is -4.10. The van der Waals surface area contributed by atoms with E-state index >= 15 is 0 Å². The number of amides is 1. The van der Waals surface area contributed by atoms with Gasteiger partial charge in [-0.2, -0.15) is 9.65 Å². The number of imidazole rings is 1. The number of carbonyl (C=O) groups excluding carboxylic acids is 1. The molecule has 2 N–H and O–H groups in total. The molecule has 1 aromatic carbocycles. The predicted octanol–water partition coefficient (Wildman–Crippen LogP) is 4.50. The largest absolute Gasteiger partial charge is 0.322 e. The second-order valence-corrected chi connectivity index (χ2v) is 11.3. The number of aryl methyl sites for hydroxylation is 1. The number of nitrogens with one attached hydrogen (secondary N) is 2. The second kappa shape index (κ2) is 9.58. The van der Waals surface area contributed by atoms with E-state index in [4.69, 9.17) is 0 Å². The summed E-state index contributed by atoms with van der Waals surface area (Å²) in [7, 11) is 1.92. The van der Waals surface area contributed by atoms with Crippen molar-refractivity contribution in [3.8, 4) is 6.07 Å². The third-order valence-electron chi connectivity index (χ3n) is 8.50. The van der Waals surface area contributed by atoms with Crippen LogP contribution in [0.5, 0.6) is 0 Å². The first-order valence-corrected chi connectivity index (χ1v) is 13.3. The van der Waals surface area contributed by atoms with Gasteiger partial charge in [0.1, 0.15) is 12.2 Å². The summed E-state index contributed by atoms with van der Waals surface area (Å²) in [6.07, 6.45) is 9.98. The van der Waals surface area contributed by atoms with E-state index in [0.29, 0.717) is 24.2 Å². The Kier molecular flexibility index (Phi) is 6.19. The lowest BCUT2D eigenvalue weighted by Gasteiger charge is -2.46. The van der Waals surface area contributed by atoms with Gasteiger partial charge in [0.25, 0.3) is 5.91 Å². The molecule has 2 aliphatic carbocycles. The summed E-state index contributed by atoms with van der Waals surface area (Å²) in [6.45, 7) is 2.72. The highest BCUT2D eigenvalue weighted by Gasteiger charge is 2.49. The fraction of sp³-hybridized carbons (Fsp3) is 0.414. The summed E-state index contributed by atoms with van der Waals surface area (Å²) in [5.41, 5.74) is 2.73. The summed E-state index contributed by atoms with van der Waals surface area (Å²) in [6, 6.07) is 11.8. The van der Waals surface area contributed by atoms with Crippen LogP contribution < -0.4 is 10.6 Å². The smallest absolute Gasteiger partial charge is 0.259 e. The number of nitrogens with zero attached hydrogens (tertiary/aromatic N) is 6. The number of pyridine rings is 1. The molecule has 9 nitrogen and oxygen atoms in total. The van der Waals surface area contributed by atoms with Crippen LogP contribution in [0.15, 0.2) is 49.1 Å². The molecule has 2 aliphatic rings. The van der Waals surface area contributed by atoms with E-state index < -0.39 is 5.95 Å². The molecular formula is C29H31FN8O. The fourth-order valence-corrected chi connectivity index (χ4v) is 6.13. The van der Waals surface area contributed by atoms with Crippen molar-refractivity contribution in [1.82, 2.24) is 29.5 Å². The molecule has 4 aromatic rings. The van der Waals surface area contributed by atoms with Crippen molar-refractivity contribution in [2.75, 3.05) is 5.32 Å². The summed E-state index contributed by atoms with van der Waals surface area (Å²) >= 11 is 0. The quantitative estimate of drug-likeness (QED) is 0.350. The van der Waals surface area contributed by atoms with Crippen LogP contribution in [0.4, 0.5) is 10.1 Å². The maximum atomic E-state index is 14.5. The Balaban J connectivity index is 1.29. The van der Waals surface area contributed by atoms with Crippen molar-refractivity contribution in [2.45, 2.75) is 62.9 Å². The highest BCUT2D eigenvalue weighted by Crippen LogP contribution is 2.53. The van der Waals surface area contributed by atoms with Gasteiger partial charge in [0.15, 0.2) is 5.65 Å². The van der Waals surface area contributed by atoms with Gasteiger partial charge in [-0.25, -0.2) is 4.98 Å². The first kappa shape index (κ1) is 25.2. The number of rotatable bonds is 8. The van der Waals surface area contributed by atoms with Gasteiger partial charge in [-0.3, -0.25) is 9.20 Å². The van der Waals surface area contributed by atoms with Crippen molar-refractivity contribution in [2.24, 2.45) is 13.0 Å². The van der Waals surface area contributed by atoms with Gasteiger partial charge in [0.2, 0.25) is 5.95 Å². The van der Waals surface area contributed by atoms with Gasteiger partial charge < -0.3 is 15.2 Å². The number of halogens is 1. The second-order valence-electron chi connectivity index (χ2n) is 11.3. The lowest BCUT2D eigenvalue weighted by atomic mass is 9.57. The van der Waals surface area contributed by atoms with Gasteiger partial charge in [0, 0.05) is 37.4 Å². The van der Waals surface area contributed by atoms with E-state index in [2.05, 4.69) is 38.8 Å². The van der Waals surface area contributed by atoms with Gasteiger partial charge in [0.05, 0.1) is 23.2 Å². The number of benzene rings is 1. The van der Waals surface area contributed by atoms with Crippen molar-refractivity contribution < 1.29 is 9.18 Å². The molecule has 2 saturated carbocycles. The zero-order valence-electron chi connectivity index (χ0n) is 22.1. The van der Waals surface area contributed by atoms with Crippen LogP contribution in [0.3, 0.4) is 0 Å². The van der Waals surface area contributed by atoms with Gasteiger partial charge >= 0.3 is 0 Å². The molecule has 2 fully saturated rings. The molecule has 0 radical (unpaired) electrons. The lowest BCUT2D eigenvalue weighted by Crippen LogP contribution is -2.47. The number of anilines is 1. The van der Waals surface area contributed by atoms with Crippen LogP contribution in [0.2, 0.25) is 0 Å². The zero-order valence-corrected chi connectivity index (χ0v) is 22.1. The van der Waals surface area contributed by atoms with E-state index in [-0.39, 0.29) is 28.4 Å². The summed E-state index contributed by atoms with van der Waals surface area (Å²) in [4.78, 5) is 17.7. The van der Waals surface area contributed by atoms with E-state index in [9.17, 15) is 14.4 Å². The monoisotopic (exact) mass is 526 g/mol. The van der Waals surface area contributed by atoms with Gasteiger partial charge in [-0.1, -0.05) is 12.1 Å². The molecule has 1 amide bonds. The number of fused-ring (bicyclic) bond motifs is 1. The van der Waals surface area contributed by atoms with Gasteiger partial charge in [-0.15, -0.1) is 10.2 Å². The summed E-state index contributed by atoms with van der Waals surface area (Å²) in [5, 5.41) is 24.2. The van der Waals surface area contributed by atoms with Crippen LogP contribution in [0, 0.1) is 23.2 Å². The van der Waals surface area contributed by atoms with Crippen molar-refractivity contribution in [3.05, 3.63) is 77.5 Å². The number of hydrogen-bond acceptors (Lipinski definition) is 6. The normalized spacial score (nSPS) is 21.6. The molecule has 10 heteroatoms. The molecular weight excluding hydrogens is 495 g/mol. The van der Waals surface area contributed by atoms with E-state index in [1.54, 1.807) is 18.6 Å². The molecule has 3 aromatic heterocycles. The Labute approximate surface area is 226 Å². The highest BCUT2D eigenvalue weighted by molar-refractivity contribution is 6.08. The third-order valence-corrected chi connectivity index (χ3v) is 8.50. The number of hydrogen-bond donors (Lipinski definition) is 2. The molecule has 0 aliphatic heterocycles. The molecule has 6 rings (SSSR count). The first-order chi connectivity index (χ1) is 18.8. The Morgan fingerprint density at radius 3 is 2.79 bits per heavy atom. The van der Waals surface area contributed by atoms with E-state index in [0.717, 1.165) is 48.8 Å². The minimum absolute atomic E-state index is 0.0811. The molecule has 200 valence electrons. The Morgan fingerprint density at radius 1 is 1.28 bits per heavy atom. The average molecular weight is 527 g/mol. The maximum Gasteiger partial charge on any atom is 0.259 e. The molecule has 0 atom stereocenters. The van der Waals surface area contributed by atoms with Crippen molar-refractivity contribution >= 4 is 17.2 Å². The number of carbonyl (C=O) groups is 1. The highest BCUT2D eigenvalue weighted by atomic mass is 19.1. The minimum atomic E-state index is -0.514. The van der Waals surface area contributed by atoms with Crippen LogP contribution in [-0.2, 0) is 19.0 Å². The third kappa shape index (κ3) is 4.46. The average Bonchev–Trinajstić information content (AvgIpc) is 3.48. The maximum absolute atomic E-state index is 14.5. The first-order valence-electron chi connectivity index (χ1n) is 13.3. The Bertz CT molecular complexity index is 1590. The summed E-state index contributed by atoms with van der Waals surface area (Å²) < 4.78 is 17.8. The molecule has 0 saturated heterocycles. The molecule has 0 spiro atoms. The molecule has 3 heterocycles. The number of nitriles is 1. The lowest BCUT2D eigenvalue weighted by molar-refractivity contribution is 0.102. The minimum Gasteiger partial charge on any atom is -0.322 e. The van der Waals surface area contributed by atoms with Crippen LogP contribution in [0.25, 0.3) is 5.65 Å². The molecule has 39 heavy (non-hydrogen) atoms. The van der Waals surface area contributed by atoms with Crippen molar-refractivity contribution in [3.63, 3.8) is 0 Å². The topological polar surface area (TPSA) is 113 Å². The van der Waals surface area contributed by atoms with Crippen LogP contribution >= 0.6 is 0 Å². The van der Waals surface area contributed by atoms with E-state index in [1.165, 1.54) is 10.8 Å². The molecule has 0 unspecified atom stereocenters. The Morgan fingerprint density at radius 2 is 2.10 bits per heavy atom. The van der Waals surface area contributed by atoms with E-state index in [1.807, 2.05) is 35.9 Å². The van der Waals surface area contributed by atoms with Crippen LogP contribution in [0.1, 0.15) is 72.8 Å². The standard InChI is InChI=1S/C29H31FN8O/c1-28(8-4-9-28)33-15-20-11-23(25-32-16-24(30)38(25)17-20)26(39)35-22-6-3-5-21(12-22)29(13-19(14-29)7-10-31)27-36-34-18-37(27)2/h3,5-6,11-12,16-19,33H,4,7-9,13-15H2,1-2H3,(H,35,39). The summed E-state index contributed by atoms with van der Waals surface area (Å²) in [5.74, 6) is 0.255. The van der Waals surface area contributed by atoms with Gasteiger partial charge in [-0.05, 0) is 74.3 Å². The SMILES string of the molecule is Cn1cnnc1C1(c2cccc(NC(=O)c3cc(CNC4(C)CCC4)cn4c(F)cnc34)c2)CC(CC#N)C1. The zero-order chi connectivity index (χ0) is 27.2. The molecule has 0 bridgehead atoms. The number of aromatic nitrogens is 5. The van der Waals surface area contributed by atoms with Crippen LogP contribution in [-0.4, -0.2) is 35.6 Å². The predicted molar refractivity (Wildman–Crippen MR) is 143 cm³/mol. The van der Waals surface area contributed by atoms with Crippen molar-refractivity contribution in [1.29, 1.82) is 5.26 Å². The fourth-order valence-electron chi connectivity index (χ4n) is 6.13.